The molecule has 6 nitrogen and oxygen atoms in total. The van der Waals surface area contributed by atoms with Gasteiger partial charge in [-0.1, -0.05) is 25.4 Å². The third kappa shape index (κ3) is 3.73. The van der Waals surface area contributed by atoms with Gasteiger partial charge in [0.15, 0.2) is 5.82 Å². The van der Waals surface area contributed by atoms with Crippen molar-refractivity contribution in [2.45, 2.75) is 13.8 Å². The SMILES string of the molecule is COc1ncc(Cl)c(NCC(C(=O)O)C(C)C)n1. The first-order valence-electron chi connectivity index (χ1n) is 5.49. The summed E-state index contributed by atoms with van der Waals surface area (Å²) in [5.41, 5.74) is 0. The highest BCUT2D eigenvalue weighted by atomic mass is 35.5. The lowest BCUT2D eigenvalue weighted by Gasteiger charge is -2.17. The Morgan fingerprint density at radius 1 is 1.61 bits per heavy atom. The van der Waals surface area contributed by atoms with Crippen molar-refractivity contribution in [1.29, 1.82) is 0 Å². The third-order valence-electron chi connectivity index (χ3n) is 2.52. The number of carboxylic acids is 1. The molecule has 1 aromatic heterocycles. The summed E-state index contributed by atoms with van der Waals surface area (Å²) in [6.07, 6.45) is 1.40. The zero-order valence-electron chi connectivity index (χ0n) is 10.5. The number of carboxylic acid groups (broad SMARTS) is 1. The number of carbonyl (C=O) groups is 1. The van der Waals surface area contributed by atoms with Crippen LogP contribution in [0.5, 0.6) is 6.01 Å². The molecule has 0 saturated carbocycles. The van der Waals surface area contributed by atoms with E-state index in [1.807, 2.05) is 13.8 Å². The lowest BCUT2D eigenvalue weighted by Crippen LogP contribution is -2.27. The molecule has 1 rings (SSSR count). The van der Waals surface area contributed by atoms with Crippen LogP contribution >= 0.6 is 11.6 Å². The standard InChI is InChI=1S/C11H16ClN3O3/c1-6(2)7(10(16)17)4-13-9-8(12)5-14-11(15-9)18-3/h5-7H,4H2,1-3H3,(H,16,17)(H,13,14,15). The van der Waals surface area contributed by atoms with Crippen molar-refractivity contribution in [3.63, 3.8) is 0 Å². The molecule has 0 aromatic carbocycles. The molecule has 0 amide bonds. The van der Waals surface area contributed by atoms with Crippen molar-refractivity contribution in [2.75, 3.05) is 19.0 Å². The van der Waals surface area contributed by atoms with E-state index >= 15 is 0 Å². The van der Waals surface area contributed by atoms with Gasteiger partial charge in [0, 0.05) is 6.54 Å². The molecular weight excluding hydrogens is 258 g/mol. The second kappa shape index (κ2) is 6.39. The Hall–Kier alpha value is -1.56. The fourth-order valence-electron chi connectivity index (χ4n) is 1.39. The van der Waals surface area contributed by atoms with Crippen LogP contribution in [-0.4, -0.2) is 34.7 Å². The number of anilines is 1. The second-order valence-electron chi connectivity index (χ2n) is 4.12. The molecule has 0 aliphatic carbocycles. The van der Waals surface area contributed by atoms with Gasteiger partial charge in [0.1, 0.15) is 5.02 Å². The highest BCUT2D eigenvalue weighted by Gasteiger charge is 2.21. The first-order valence-corrected chi connectivity index (χ1v) is 5.86. The van der Waals surface area contributed by atoms with Gasteiger partial charge in [0.2, 0.25) is 0 Å². The molecule has 1 atom stereocenters. The Morgan fingerprint density at radius 3 is 2.78 bits per heavy atom. The largest absolute Gasteiger partial charge is 0.481 e. The van der Waals surface area contributed by atoms with Crippen LogP contribution in [0.4, 0.5) is 5.82 Å². The monoisotopic (exact) mass is 273 g/mol. The van der Waals surface area contributed by atoms with Crippen molar-refractivity contribution in [2.24, 2.45) is 11.8 Å². The van der Waals surface area contributed by atoms with E-state index in [1.165, 1.54) is 13.3 Å². The predicted octanol–water partition coefficient (Wildman–Crippen LogP) is 1.91. The maximum Gasteiger partial charge on any atom is 0.318 e. The summed E-state index contributed by atoms with van der Waals surface area (Å²) in [5.74, 6) is -0.982. The maximum absolute atomic E-state index is 11.0. The molecule has 0 spiro atoms. The highest BCUT2D eigenvalue weighted by molar-refractivity contribution is 6.32. The molecule has 0 fully saturated rings. The molecule has 100 valence electrons. The molecule has 0 bridgehead atoms. The summed E-state index contributed by atoms with van der Waals surface area (Å²) in [4.78, 5) is 18.9. The topological polar surface area (TPSA) is 84.3 Å². The number of halogens is 1. The molecule has 1 heterocycles. The smallest absolute Gasteiger partial charge is 0.318 e. The van der Waals surface area contributed by atoms with Gasteiger partial charge in [-0.25, -0.2) is 4.98 Å². The van der Waals surface area contributed by atoms with Crippen molar-refractivity contribution in [3.8, 4) is 6.01 Å². The first-order chi connectivity index (χ1) is 8.45. The summed E-state index contributed by atoms with van der Waals surface area (Å²) < 4.78 is 4.87. The average Bonchev–Trinajstić information content (AvgIpc) is 2.30. The normalized spacial score (nSPS) is 12.3. The third-order valence-corrected chi connectivity index (χ3v) is 2.79. The van der Waals surface area contributed by atoms with Crippen molar-refractivity contribution >= 4 is 23.4 Å². The Labute approximate surface area is 110 Å². The minimum atomic E-state index is -0.852. The first kappa shape index (κ1) is 14.5. The van der Waals surface area contributed by atoms with Crippen LogP contribution in [0, 0.1) is 11.8 Å². The average molecular weight is 274 g/mol. The van der Waals surface area contributed by atoms with E-state index < -0.39 is 11.9 Å². The van der Waals surface area contributed by atoms with Gasteiger partial charge in [-0.15, -0.1) is 0 Å². The Kier molecular flexibility index (Phi) is 5.15. The molecule has 0 aliphatic rings. The van der Waals surface area contributed by atoms with Crippen LogP contribution in [0.25, 0.3) is 0 Å². The Balaban J connectivity index is 2.75. The summed E-state index contributed by atoms with van der Waals surface area (Å²) in [6.45, 7) is 3.94. The molecule has 18 heavy (non-hydrogen) atoms. The van der Waals surface area contributed by atoms with E-state index in [-0.39, 0.29) is 18.5 Å². The van der Waals surface area contributed by atoms with Crippen LogP contribution in [0.1, 0.15) is 13.8 Å². The fraction of sp³-hybridized carbons (Fsp3) is 0.545. The Morgan fingerprint density at radius 2 is 2.28 bits per heavy atom. The van der Waals surface area contributed by atoms with E-state index in [0.29, 0.717) is 10.8 Å². The number of nitrogens with one attached hydrogen (secondary N) is 1. The van der Waals surface area contributed by atoms with Gasteiger partial charge < -0.3 is 15.2 Å². The van der Waals surface area contributed by atoms with Crippen molar-refractivity contribution < 1.29 is 14.6 Å². The van der Waals surface area contributed by atoms with Crippen LogP contribution in [0.15, 0.2) is 6.20 Å². The van der Waals surface area contributed by atoms with Crippen LogP contribution in [0.3, 0.4) is 0 Å². The predicted molar refractivity (Wildman–Crippen MR) is 68.0 cm³/mol. The minimum absolute atomic E-state index is 0.0116. The van der Waals surface area contributed by atoms with Crippen LogP contribution < -0.4 is 10.1 Å². The van der Waals surface area contributed by atoms with Crippen molar-refractivity contribution in [1.82, 2.24) is 9.97 Å². The maximum atomic E-state index is 11.0. The molecule has 2 N–H and O–H groups in total. The number of ether oxygens (including phenoxy) is 1. The molecule has 1 aromatic rings. The summed E-state index contributed by atoms with van der Waals surface area (Å²) in [6, 6.07) is 0.179. The molecule has 0 aliphatic heterocycles. The van der Waals surface area contributed by atoms with E-state index in [4.69, 9.17) is 21.4 Å². The van der Waals surface area contributed by atoms with Crippen molar-refractivity contribution in [3.05, 3.63) is 11.2 Å². The van der Waals surface area contributed by atoms with Gasteiger partial charge in [-0.3, -0.25) is 4.79 Å². The highest BCUT2D eigenvalue weighted by Crippen LogP contribution is 2.21. The minimum Gasteiger partial charge on any atom is -0.481 e. The van der Waals surface area contributed by atoms with Gasteiger partial charge in [0.05, 0.1) is 19.2 Å². The van der Waals surface area contributed by atoms with Gasteiger partial charge in [0.25, 0.3) is 0 Å². The van der Waals surface area contributed by atoms with Crippen LogP contribution in [-0.2, 0) is 4.79 Å². The number of hydrogen-bond donors (Lipinski definition) is 2. The molecule has 0 saturated heterocycles. The molecule has 0 radical (unpaired) electrons. The van der Waals surface area contributed by atoms with E-state index in [2.05, 4.69) is 15.3 Å². The number of aliphatic carboxylic acids is 1. The van der Waals surface area contributed by atoms with Gasteiger partial charge >= 0.3 is 12.0 Å². The zero-order valence-corrected chi connectivity index (χ0v) is 11.2. The number of nitrogens with zero attached hydrogens (tertiary/aromatic N) is 2. The quantitative estimate of drug-likeness (QED) is 0.824. The molecule has 7 heteroatoms. The van der Waals surface area contributed by atoms with Crippen LogP contribution in [0.2, 0.25) is 5.02 Å². The fourth-order valence-corrected chi connectivity index (χ4v) is 1.55. The second-order valence-corrected chi connectivity index (χ2v) is 4.53. The Bertz CT molecular complexity index is 426. The number of methoxy groups -OCH3 is 1. The summed E-state index contributed by atoms with van der Waals surface area (Å²) in [5, 5.41) is 12.3. The number of rotatable bonds is 6. The number of aromatic nitrogens is 2. The van der Waals surface area contributed by atoms with E-state index in [0.717, 1.165) is 0 Å². The number of hydrogen-bond acceptors (Lipinski definition) is 5. The van der Waals surface area contributed by atoms with Gasteiger partial charge in [-0.05, 0) is 5.92 Å². The van der Waals surface area contributed by atoms with E-state index in [1.54, 1.807) is 0 Å². The summed E-state index contributed by atoms with van der Waals surface area (Å²) >= 11 is 5.91. The molecule has 1 unspecified atom stereocenters. The van der Waals surface area contributed by atoms with Gasteiger partial charge in [-0.2, -0.15) is 4.98 Å². The lowest BCUT2D eigenvalue weighted by atomic mass is 9.96. The van der Waals surface area contributed by atoms with E-state index in [9.17, 15) is 4.79 Å². The summed E-state index contributed by atoms with van der Waals surface area (Å²) in [7, 11) is 1.45. The molecular formula is C11H16ClN3O3. The lowest BCUT2D eigenvalue weighted by molar-refractivity contribution is -0.142. The zero-order chi connectivity index (χ0) is 13.7.